The summed E-state index contributed by atoms with van der Waals surface area (Å²) >= 11 is 0. The Kier molecular flexibility index (Phi) is 2.87. The van der Waals surface area contributed by atoms with Crippen molar-refractivity contribution in [2.75, 3.05) is 6.61 Å². The van der Waals surface area contributed by atoms with Gasteiger partial charge in [-0.2, -0.15) is 0 Å². The number of hydrogen-bond acceptors (Lipinski definition) is 2. The summed E-state index contributed by atoms with van der Waals surface area (Å²) in [4.78, 5) is 4.28. The van der Waals surface area contributed by atoms with Gasteiger partial charge < -0.3 is 9.30 Å². The van der Waals surface area contributed by atoms with E-state index in [4.69, 9.17) is 4.74 Å². The van der Waals surface area contributed by atoms with E-state index in [0.717, 1.165) is 25.3 Å². The Morgan fingerprint density at radius 3 is 3.00 bits per heavy atom. The van der Waals surface area contributed by atoms with Crippen LogP contribution < -0.4 is 0 Å². The molecule has 1 unspecified atom stereocenters. The van der Waals surface area contributed by atoms with Gasteiger partial charge in [-0.25, -0.2) is 4.98 Å². The minimum absolute atomic E-state index is 0.483. The molecule has 1 fully saturated rings. The third kappa shape index (κ3) is 1.98. The van der Waals surface area contributed by atoms with E-state index in [9.17, 15) is 0 Å². The lowest BCUT2D eigenvalue weighted by Gasteiger charge is -2.10. The van der Waals surface area contributed by atoms with Gasteiger partial charge in [0.2, 0.25) is 0 Å². The molecule has 3 heteroatoms. The van der Waals surface area contributed by atoms with Crippen LogP contribution in [-0.2, 0) is 11.3 Å². The molecule has 2 rings (SSSR count). The molecule has 1 aliphatic rings. The Morgan fingerprint density at radius 1 is 1.57 bits per heavy atom. The van der Waals surface area contributed by atoms with Gasteiger partial charge in [0.25, 0.3) is 0 Å². The molecule has 0 aliphatic carbocycles. The molecule has 0 N–H and O–H groups in total. The van der Waals surface area contributed by atoms with Crippen molar-refractivity contribution in [2.45, 2.75) is 45.8 Å². The zero-order valence-electron chi connectivity index (χ0n) is 8.99. The lowest BCUT2D eigenvalue weighted by molar-refractivity contribution is 0.100. The third-order valence-corrected chi connectivity index (χ3v) is 3.06. The summed E-state index contributed by atoms with van der Waals surface area (Å²) in [6.07, 6.45) is 5.99. The van der Waals surface area contributed by atoms with Crippen LogP contribution in [0.15, 0.2) is 6.33 Å². The molecule has 0 aromatic carbocycles. The Morgan fingerprint density at radius 2 is 2.43 bits per heavy atom. The Labute approximate surface area is 85.1 Å². The van der Waals surface area contributed by atoms with Crippen LogP contribution in [0.3, 0.4) is 0 Å². The quantitative estimate of drug-likeness (QED) is 0.736. The van der Waals surface area contributed by atoms with Crippen molar-refractivity contribution in [1.29, 1.82) is 0 Å². The number of hydrogen-bond donors (Lipinski definition) is 0. The summed E-state index contributed by atoms with van der Waals surface area (Å²) in [5.74, 6) is 0. The van der Waals surface area contributed by atoms with Crippen molar-refractivity contribution in [3.05, 3.63) is 17.7 Å². The fourth-order valence-corrected chi connectivity index (χ4v) is 1.92. The average molecular weight is 194 g/mol. The first kappa shape index (κ1) is 9.71. The van der Waals surface area contributed by atoms with Gasteiger partial charge in [0.05, 0.1) is 18.1 Å². The average Bonchev–Trinajstić information content (AvgIpc) is 2.77. The fraction of sp³-hybridized carbons (Fsp3) is 0.727. The summed E-state index contributed by atoms with van der Waals surface area (Å²) in [6, 6.07) is 0. The van der Waals surface area contributed by atoms with E-state index >= 15 is 0 Å². The van der Waals surface area contributed by atoms with Crippen LogP contribution in [0.2, 0.25) is 0 Å². The van der Waals surface area contributed by atoms with Gasteiger partial charge in [-0.1, -0.05) is 0 Å². The van der Waals surface area contributed by atoms with Crippen LogP contribution in [0.5, 0.6) is 0 Å². The van der Waals surface area contributed by atoms with Gasteiger partial charge in [-0.15, -0.1) is 0 Å². The van der Waals surface area contributed by atoms with Gasteiger partial charge in [0, 0.05) is 18.8 Å². The molecule has 14 heavy (non-hydrogen) atoms. The predicted octanol–water partition coefficient (Wildman–Crippen LogP) is 2.07. The van der Waals surface area contributed by atoms with Crippen LogP contribution in [0.4, 0.5) is 0 Å². The Balaban J connectivity index is 1.88. The van der Waals surface area contributed by atoms with E-state index in [2.05, 4.69) is 23.4 Å². The van der Waals surface area contributed by atoms with Crippen molar-refractivity contribution < 1.29 is 4.74 Å². The number of ether oxygens (including phenoxy) is 1. The van der Waals surface area contributed by atoms with E-state index in [-0.39, 0.29) is 0 Å². The predicted molar refractivity (Wildman–Crippen MR) is 55.3 cm³/mol. The first-order valence-corrected chi connectivity index (χ1v) is 5.37. The molecule has 0 bridgehead atoms. The zero-order valence-corrected chi connectivity index (χ0v) is 8.99. The molecular weight excluding hydrogens is 176 g/mol. The maximum atomic E-state index is 5.59. The highest BCUT2D eigenvalue weighted by Crippen LogP contribution is 2.16. The van der Waals surface area contributed by atoms with Crippen LogP contribution >= 0.6 is 0 Å². The SMILES string of the molecule is Cc1ncn(CCC2CCCO2)c1C. The monoisotopic (exact) mass is 194 g/mol. The minimum atomic E-state index is 0.483. The molecule has 78 valence electrons. The minimum Gasteiger partial charge on any atom is -0.378 e. The van der Waals surface area contributed by atoms with Gasteiger partial charge in [0.1, 0.15) is 0 Å². The highest BCUT2D eigenvalue weighted by atomic mass is 16.5. The summed E-state index contributed by atoms with van der Waals surface area (Å²) in [5, 5.41) is 0. The molecule has 3 nitrogen and oxygen atoms in total. The van der Waals surface area contributed by atoms with E-state index in [1.807, 2.05) is 6.33 Å². The third-order valence-electron chi connectivity index (χ3n) is 3.06. The Bertz CT molecular complexity index is 300. The number of rotatable bonds is 3. The van der Waals surface area contributed by atoms with E-state index in [0.29, 0.717) is 6.10 Å². The smallest absolute Gasteiger partial charge is 0.0951 e. The standard InChI is InChI=1S/C11H18N2O/c1-9-10(2)13(8-12-9)6-5-11-4-3-7-14-11/h8,11H,3-7H2,1-2H3. The molecule has 1 atom stereocenters. The number of aromatic nitrogens is 2. The van der Waals surface area contributed by atoms with E-state index < -0.39 is 0 Å². The largest absolute Gasteiger partial charge is 0.378 e. The molecular formula is C11H18N2O. The van der Waals surface area contributed by atoms with Crippen molar-refractivity contribution in [3.8, 4) is 0 Å². The van der Waals surface area contributed by atoms with Gasteiger partial charge in [-0.3, -0.25) is 0 Å². The van der Waals surface area contributed by atoms with Gasteiger partial charge in [-0.05, 0) is 33.1 Å². The second-order valence-electron chi connectivity index (χ2n) is 4.03. The maximum Gasteiger partial charge on any atom is 0.0951 e. The van der Waals surface area contributed by atoms with E-state index in [1.54, 1.807) is 0 Å². The second-order valence-corrected chi connectivity index (χ2v) is 4.03. The van der Waals surface area contributed by atoms with Crippen LogP contribution in [0, 0.1) is 13.8 Å². The molecule has 2 heterocycles. The number of imidazole rings is 1. The number of aryl methyl sites for hydroxylation is 2. The van der Waals surface area contributed by atoms with Crippen LogP contribution in [0.1, 0.15) is 30.7 Å². The Hall–Kier alpha value is -0.830. The molecule has 0 spiro atoms. The fourth-order valence-electron chi connectivity index (χ4n) is 1.92. The molecule has 0 radical (unpaired) electrons. The summed E-state index contributed by atoms with van der Waals surface area (Å²) < 4.78 is 7.81. The van der Waals surface area contributed by atoms with Crippen LogP contribution in [-0.4, -0.2) is 22.3 Å². The molecule has 1 aromatic heterocycles. The first-order chi connectivity index (χ1) is 6.77. The molecule has 1 aromatic rings. The highest BCUT2D eigenvalue weighted by Gasteiger charge is 2.15. The second kappa shape index (κ2) is 4.13. The normalized spacial score (nSPS) is 21.7. The molecule has 1 aliphatic heterocycles. The zero-order chi connectivity index (χ0) is 9.97. The van der Waals surface area contributed by atoms with Crippen molar-refractivity contribution in [3.63, 3.8) is 0 Å². The van der Waals surface area contributed by atoms with Crippen molar-refractivity contribution >= 4 is 0 Å². The van der Waals surface area contributed by atoms with E-state index in [1.165, 1.54) is 18.5 Å². The van der Waals surface area contributed by atoms with Gasteiger partial charge in [0.15, 0.2) is 0 Å². The van der Waals surface area contributed by atoms with Gasteiger partial charge >= 0.3 is 0 Å². The van der Waals surface area contributed by atoms with Crippen molar-refractivity contribution in [2.24, 2.45) is 0 Å². The first-order valence-electron chi connectivity index (χ1n) is 5.37. The molecule has 1 saturated heterocycles. The summed E-state index contributed by atoms with van der Waals surface area (Å²) in [6.45, 7) is 6.17. The summed E-state index contributed by atoms with van der Waals surface area (Å²) in [5.41, 5.74) is 2.42. The maximum absolute atomic E-state index is 5.59. The number of nitrogens with zero attached hydrogens (tertiary/aromatic N) is 2. The lowest BCUT2D eigenvalue weighted by Crippen LogP contribution is -2.10. The topological polar surface area (TPSA) is 27.1 Å². The van der Waals surface area contributed by atoms with Crippen molar-refractivity contribution in [1.82, 2.24) is 9.55 Å². The van der Waals surface area contributed by atoms with Crippen LogP contribution in [0.25, 0.3) is 0 Å². The summed E-state index contributed by atoms with van der Waals surface area (Å²) in [7, 11) is 0. The highest BCUT2D eigenvalue weighted by molar-refractivity contribution is 5.08. The molecule has 0 amide bonds. The lowest BCUT2D eigenvalue weighted by atomic mass is 10.2. The molecule has 0 saturated carbocycles.